The number of benzene rings is 2. The van der Waals surface area contributed by atoms with Gasteiger partial charge in [0.2, 0.25) is 0 Å². The van der Waals surface area contributed by atoms with Crippen molar-refractivity contribution >= 4 is 22.7 Å². The summed E-state index contributed by atoms with van der Waals surface area (Å²) in [6.07, 6.45) is 0. The molecule has 130 valence electrons. The monoisotopic (exact) mass is 334 g/mol. The largest absolute Gasteiger partial charge is 0.399 e. The van der Waals surface area contributed by atoms with Crippen LogP contribution in [0.4, 0.5) is 22.7 Å². The van der Waals surface area contributed by atoms with Crippen molar-refractivity contribution in [3.05, 3.63) is 58.6 Å². The SMILES string of the molecule is Nc1ccc(N(CCO)CCO)cc1.Nc1ccc([N+](=O)[O-])cc1. The van der Waals surface area contributed by atoms with Gasteiger partial charge in [0.25, 0.3) is 5.69 Å². The second-order valence-electron chi connectivity index (χ2n) is 4.87. The first kappa shape index (κ1) is 19.2. The quantitative estimate of drug-likeness (QED) is 0.354. The Kier molecular flexibility index (Phi) is 8.03. The molecule has 0 saturated carbocycles. The number of rotatable bonds is 6. The van der Waals surface area contributed by atoms with Gasteiger partial charge in [0, 0.05) is 42.3 Å². The van der Waals surface area contributed by atoms with Gasteiger partial charge in [-0.15, -0.1) is 0 Å². The third kappa shape index (κ3) is 6.51. The Labute approximate surface area is 140 Å². The number of hydrogen-bond acceptors (Lipinski definition) is 7. The van der Waals surface area contributed by atoms with Crippen molar-refractivity contribution in [2.24, 2.45) is 0 Å². The molecule has 0 unspecified atom stereocenters. The number of aliphatic hydroxyl groups is 2. The Bertz CT molecular complexity index is 611. The van der Waals surface area contributed by atoms with E-state index in [1.165, 1.54) is 24.3 Å². The zero-order valence-electron chi connectivity index (χ0n) is 13.2. The maximum atomic E-state index is 10.1. The number of anilines is 3. The molecule has 24 heavy (non-hydrogen) atoms. The number of aliphatic hydroxyl groups excluding tert-OH is 2. The molecule has 0 amide bonds. The number of nitrogens with zero attached hydrogens (tertiary/aromatic N) is 2. The van der Waals surface area contributed by atoms with Gasteiger partial charge < -0.3 is 26.6 Å². The van der Waals surface area contributed by atoms with Gasteiger partial charge in [-0.05, 0) is 36.4 Å². The summed E-state index contributed by atoms with van der Waals surface area (Å²) in [4.78, 5) is 11.5. The van der Waals surface area contributed by atoms with Gasteiger partial charge in [-0.2, -0.15) is 0 Å². The predicted molar refractivity (Wildman–Crippen MR) is 94.7 cm³/mol. The van der Waals surface area contributed by atoms with Crippen LogP contribution in [0.1, 0.15) is 0 Å². The first-order valence-corrected chi connectivity index (χ1v) is 7.30. The first-order chi connectivity index (χ1) is 11.5. The van der Waals surface area contributed by atoms with E-state index in [1.807, 2.05) is 17.0 Å². The number of nitrogens with two attached hydrogens (primary N) is 2. The molecule has 2 aromatic carbocycles. The van der Waals surface area contributed by atoms with Crippen molar-refractivity contribution in [2.45, 2.75) is 0 Å². The Hall–Kier alpha value is -2.84. The van der Waals surface area contributed by atoms with Gasteiger partial charge >= 0.3 is 0 Å². The van der Waals surface area contributed by atoms with E-state index in [4.69, 9.17) is 21.7 Å². The molecule has 0 aliphatic carbocycles. The van der Waals surface area contributed by atoms with Crippen molar-refractivity contribution < 1.29 is 15.1 Å². The molecule has 8 nitrogen and oxygen atoms in total. The van der Waals surface area contributed by atoms with Crippen LogP contribution in [0.2, 0.25) is 0 Å². The van der Waals surface area contributed by atoms with Gasteiger partial charge in [-0.3, -0.25) is 10.1 Å². The lowest BCUT2D eigenvalue weighted by Crippen LogP contribution is -2.29. The first-order valence-electron chi connectivity index (χ1n) is 7.30. The zero-order chi connectivity index (χ0) is 17.9. The Morgan fingerprint density at radius 3 is 1.67 bits per heavy atom. The lowest BCUT2D eigenvalue weighted by atomic mass is 10.2. The van der Waals surface area contributed by atoms with Crippen LogP contribution in [0, 0.1) is 10.1 Å². The van der Waals surface area contributed by atoms with E-state index in [9.17, 15) is 10.1 Å². The van der Waals surface area contributed by atoms with Crippen molar-refractivity contribution in [1.82, 2.24) is 0 Å². The topological polar surface area (TPSA) is 139 Å². The van der Waals surface area contributed by atoms with Crippen LogP contribution in [-0.2, 0) is 0 Å². The number of non-ortho nitro benzene ring substituents is 1. The third-order valence-electron chi connectivity index (χ3n) is 3.10. The fourth-order valence-electron chi connectivity index (χ4n) is 1.89. The highest BCUT2D eigenvalue weighted by molar-refractivity contribution is 5.53. The molecule has 0 radical (unpaired) electrons. The average molecular weight is 334 g/mol. The summed E-state index contributed by atoms with van der Waals surface area (Å²) in [7, 11) is 0. The molecule has 8 heteroatoms. The fraction of sp³-hybridized carbons (Fsp3) is 0.250. The molecule has 6 N–H and O–H groups in total. The van der Waals surface area contributed by atoms with Gasteiger partial charge in [-0.1, -0.05) is 0 Å². The average Bonchev–Trinajstić information content (AvgIpc) is 2.56. The lowest BCUT2D eigenvalue weighted by molar-refractivity contribution is -0.384. The Morgan fingerprint density at radius 1 is 0.875 bits per heavy atom. The molecule has 0 bridgehead atoms. The maximum Gasteiger partial charge on any atom is 0.269 e. The minimum atomic E-state index is -0.459. The molecule has 0 saturated heterocycles. The van der Waals surface area contributed by atoms with Gasteiger partial charge in [-0.25, -0.2) is 0 Å². The summed E-state index contributed by atoms with van der Waals surface area (Å²) in [5, 5.41) is 27.7. The molecule has 2 rings (SSSR count). The molecule has 2 aromatic rings. The number of nitro groups is 1. The summed E-state index contributed by atoms with van der Waals surface area (Å²) in [6, 6.07) is 13.1. The van der Waals surface area contributed by atoms with E-state index in [1.54, 1.807) is 12.1 Å². The minimum absolute atomic E-state index is 0.0641. The second-order valence-corrected chi connectivity index (χ2v) is 4.87. The van der Waals surface area contributed by atoms with Crippen LogP contribution in [0.5, 0.6) is 0 Å². The van der Waals surface area contributed by atoms with Gasteiger partial charge in [0.15, 0.2) is 0 Å². The molecule has 0 fully saturated rings. The summed E-state index contributed by atoms with van der Waals surface area (Å²) >= 11 is 0. The fourth-order valence-corrected chi connectivity index (χ4v) is 1.89. The molecule has 0 atom stereocenters. The highest BCUT2D eigenvalue weighted by Gasteiger charge is 2.04. The maximum absolute atomic E-state index is 10.1. The number of hydrogen-bond donors (Lipinski definition) is 4. The Morgan fingerprint density at radius 2 is 1.29 bits per heavy atom. The van der Waals surface area contributed by atoms with E-state index in [0.29, 0.717) is 24.5 Å². The highest BCUT2D eigenvalue weighted by atomic mass is 16.6. The van der Waals surface area contributed by atoms with Crippen LogP contribution >= 0.6 is 0 Å². The standard InChI is InChI=1S/C10H16N2O2.C6H6N2O2/c11-9-1-3-10(4-2-9)12(5-7-13)6-8-14;7-5-1-3-6(4-2-5)8(9)10/h1-4,13-14H,5-8,11H2;1-4H,7H2. The number of nitrogen functional groups attached to an aromatic ring is 2. The van der Waals surface area contributed by atoms with Crippen LogP contribution in [0.3, 0.4) is 0 Å². The lowest BCUT2D eigenvalue weighted by Gasteiger charge is -2.22. The smallest absolute Gasteiger partial charge is 0.269 e. The van der Waals surface area contributed by atoms with Gasteiger partial charge in [0.1, 0.15) is 0 Å². The summed E-state index contributed by atoms with van der Waals surface area (Å²) in [5.41, 5.74) is 13.1. The zero-order valence-corrected chi connectivity index (χ0v) is 13.2. The third-order valence-corrected chi connectivity index (χ3v) is 3.10. The van der Waals surface area contributed by atoms with E-state index in [2.05, 4.69) is 0 Å². The summed E-state index contributed by atoms with van der Waals surface area (Å²) < 4.78 is 0. The molecular formula is C16H22N4O4. The molecular weight excluding hydrogens is 312 g/mol. The van der Waals surface area contributed by atoms with Crippen molar-refractivity contribution in [2.75, 3.05) is 42.7 Å². The molecule has 0 aliphatic rings. The van der Waals surface area contributed by atoms with Crippen LogP contribution in [0.25, 0.3) is 0 Å². The number of nitro benzene ring substituents is 1. The molecule has 0 aliphatic heterocycles. The van der Waals surface area contributed by atoms with E-state index < -0.39 is 4.92 Å². The molecule has 0 spiro atoms. The Balaban J connectivity index is 0.000000254. The van der Waals surface area contributed by atoms with E-state index >= 15 is 0 Å². The van der Waals surface area contributed by atoms with E-state index in [-0.39, 0.29) is 18.9 Å². The molecule has 0 heterocycles. The van der Waals surface area contributed by atoms with Crippen LogP contribution < -0.4 is 16.4 Å². The minimum Gasteiger partial charge on any atom is -0.399 e. The predicted octanol–water partition coefficient (Wildman–Crippen LogP) is 1.24. The molecule has 0 aromatic heterocycles. The van der Waals surface area contributed by atoms with Crippen LogP contribution in [-0.4, -0.2) is 41.4 Å². The highest BCUT2D eigenvalue weighted by Crippen LogP contribution is 2.15. The summed E-state index contributed by atoms with van der Waals surface area (Å²) in [5.74, 6) is 0. The normalized spacial score (nSPS) is 9.75. The van der Waals surface area contributed by atoms with Crippen molar-refractivity contribution in [3.8, 4) is 0 Å². The summed E-state index contributed by atoms with van der Waals surface area (Å²) in [6.45, 7) is 1.18. The second kappa shape index (κ2) is 10.0. The van der Waals surface area contributed by atoms with Crippen molar-refractivity contribution in [1.29, 1.82) is 0 Å². The van der Waals surface area contributed by atoms with E-state index in [0.717, 1.165) is 5.69 Å². The van der Waals surface area contributed by atoms with Crippen LogP contribution in [0.15, 0.2) is 48.5 Å². The van der Waals surface area contributed by atoms with Crippen molar-refractivity contribution in [3.63, 3.8) is 0 Å². The van der Waals surface area contributed by atoms with Gasteiger partial charge in [0.05, 0.1) is 18.1 Å².